The minimum Gasteiger partial charge on any atom is -0.340 e. The lowest BCUT2D eigenvalue weighted by atomic mass is 9.76. The van der Waals surface area contributed by atoms with Crippen molar-refractivity contribution in [2.75, 3.05) is 0 Å². The van der Waals surface area contributed by atoms with E-state index in [1.165, 1.54) is 0 Å². The zero-order chi connectivity index (χ0) is 21.8. The molecule has 2 atom stereocenters. The summed E-state index contributed by atoms with van der Waals surface area (Å²) in [4.78, 5) is 13.9. The summed E-state index contributed by atoms with van der Waals surface area (Å²) >= 11 is 1.67. The molecule has 1 saturated heterocycles. The van der Waals surface area contributed by atoms with Gasteiger partial charge in [-0.3, -0.25) is 10.1 Å². The number of benzene rings is 4. The fourth-order valence-corrected chi connectivity index (χ4v) is 5.40. The van der Waals surface area contributed by atoms with Gasteiger partial charge in [0.15, 0.2) is 0 Å². The third kappa shape index (κ3) is 3.83. The van der Waals surface area contributed by atoms with Crippen molar-refractivity contribution in [1.29, 1.82) is 0 Å². The van der Waals surface area contributed by atoms with Gasteiger partial charge in [-0.15, -0.1) is 0 Å². The number of β-lactam (4-membered cyclic amide) rings is 1. The monoisotopic (exact) mass is 436 g/mol. The molecule has 4 aromatic rings. The van der Waals surface area contributed by atoms with Crippen molar-refractivity contribution in [2.24, 2.45) is 0 Å². The van der Waals surface area contributed by atoms with E-state index in [0.29, 0.717) is 0 Å². The molecule has 0 unspecified atom stereocenters. The molecule has 1 fully saturated rings. The maximum Gasteiger partial charge on any atom is 0.241 e. The Labute approximate surface area is 192 Å². The molecule has 0 bridgehead atoms. The number of carbonyl (C=O) groups is 1. The first-order valence-corrected chi connectivity index (χ1v) is 11.6. The quantitative estimate of drug-likeness (QED) is 0.310. The van der Waals surface area contributed by atoms with Crippen LogP contribution in [0.4, 0.5) is 0 Å². The Morgan fingerprint density at radius 1 is 0.625 bits per heavy atom. The molecule has 0 aliphatic carbocycles. The highest BCUT2D eigenvalue weighted by molar-refractivity contribution is 8.00. The smallest absolute Gasteiger partial charge is 0.241 e. The lowest BCUT2D eigenvalue weighted by Crippen LogP contribution is -2.70. The fraction of sp³-hybridized carbons (Fsp3) is 0.107. The number of nitrogens with one attached hydrogen (secondary N) is 2. The zero-order valence-electron chi connectivity index (χ0n) is 17.5. The van der Waals surface area contributed by atoms with Crippen LogP contribution in [0.3, 0.4) is 0 Å². The third-order valence-electron chi connectivity index (χ3n) is 5.87. The molecule has 0 radical (unpaired) electrons. The molecule has 0 spiro atoms. The minimum absolute atomic E-state index is 0.0191. The summed E-state index contributed by atoms with van der Waals surface area (Å²) in [5.74, 6) is 0.0191. The molecule has 1 amide bonds. The molecule has 1 aliphatic heterocycles. The first-order valence-electron chi connectivity index (χ1n) is 10.7. The van der Waals surface area contributed by atoms with Crippen molar-refractivity contribution in [2.45, 2.75) is 21.9 Å². The van der Waals surface area contributed by atoms with Gasteiger partial charge in [-0.25, -0.2) is 0 Å². The fourth-order valence-electron chi connectivity index (χ4n) is 4.29. The molecular weight excluding hydrogens is 412 g/mol. The van der Waals surface area contributed by atoms with E-state index in [0.717, 1.165) is 21.6 Å². The summed E-state index contributed by atoms with van der Waals surface area (Å²) in [6.07, 6.45) is 0. The number of hydrogen-bond donors (Lipinski definition) is 2. The van der Waals surface area contributed by atoms with Crippen LogP contribution in [0, 0.1) is 0 Å². The van der Waals surface area contributed by atoms with Crippen LogP contribution in [0.2, 0.25) is 0 Å². The van der Waals surface area contributed by atoms with Gasteiger partial charge in [-0.05, 0) is 28.8 Å². The van der Waals surface area contributed by atoms with Gasteiger partial charge in [0.1, 0.15) is 11.4 Å². The Morgan fingerprint density at radius 3 is 1.44 bits per heavy atom. The standard InChI is InChI=1S/C28H24N2OS/c31-26-25(27(29-26)32-24-19-11-4-12-20-24)30-28(21-13-5-1-6-14-21,22-15-7-2-8-16-22)23-17-9-3-10-18-23/h1-20,25,27,30H,(H,29,31)/t25-,27-/m1/s1. The molecule has 4 heteroatoms. The summed E-state index contributed by atoms with van der Waals surface area (Å²) < 4.78 is 0. The number of rotatable bonds is 7. The van der Waals surface area contributed by atoms with Crippen molar-refractivity contribution in [3.63, 3.8) is 0 Å². The molecule has 158 valence electrons. The summed E-state index contributed by atoms with van der Waals surface area (Å²) in [5.41, 5.74) is 2.63. The third-order valence-corrected chi connectivity index (χ3v) is 7.06. The average molecular weight is 437 g/mol. The summed E-state index contributed by atoms with van der Waals surface area (Å²) in [5, 5.41) is 6.83. The molecular formula is C28H24N2OS. The van der Waals surface area contributed by atoms with Crippen LogP contribution in [-0.4, -0.2) is 17.3 Å². The highest BCUT2D eigenvalue weighted by Crippen LogP contribution is 2.39. The normalized spacial score (nSPS) is 17.9. The number of thioether (sulfide) groups is 1. The molecule has 2 N–H and O–H groups in total. The van der Waals surface area contributed by atoms with Crippen LogP contribution >= 0.6 is 11.8 Å². The second-order valence-electron chi connectivity index (χ2n) is 7.83. The Hall–Kier alpha value is -3.34. The van der Waals surface area contributed by atoms with E-state index in [-0.39, 0.29) is 17.3 Å². The number of hydrogen-bond acceptors (Lipinski definition) is 3. The molecule has 1 aliphatic rings. The van der Waals surface area contributed by atoms with Crippen LogP contribution in [0.25, 0.3) is 0 Å². The van der Waals surface area contributed by atoms with E-state index in [2.05, 4.69) is 95.6 Å². The summed E-state index contributed by atoms with van der Waals surface area (Å²) in [7, 11) is 0. The molecule has 32 heavy (non-hydrogen) atoms. The minimum atomic E-state index is -0.665. The van der Waals surface area contributed by atoms with E-state index in [1.54, 1.807) is 11.8 Å². The molecule has 0 saturated carbocycles. The van der Waals surface area contributed by atoms with Gasteiger partial charge < -0.3 is 5.32 Å². The predicted octanol–water partition coefficient (Wildman–Crippen LogP) is 5.18. The van der Waals surface area contributed by atoms with Crippen molar-refractivity contribution in [1.82, 2.24) is 10.6 Å². The SMILES string of the molecule is O=C1N[C@H](Sc2ccccc2)[C@@H]1NC(c1ccccc1)(c1ccccc1)c1ccccc1. The van der Waals surface area contributed by atoms with E-state index >= 15 is 0 Å². The molecule has 0 aromatic heterocycles. The van der Waals surface area contributed by atoms with Crippen LogP contribution < -0.4 is 10.6 Å². The van der Waals surface area contributed by atoms with E-state index in [9.17, 15) is 4.79 Å². The van der Waals surface area contributed by atoms with E-state index in [4.69, 9.17) is 0 Å². The highest BCUT2D eigenvalue weighted by Gasteiger charge is 2.47. The predicted molar refractivity (Wildman–Crippen MR) is 130 cm³/mol. The number of amides is 1. The highest BCUT2D eigenvalue weighted by atomic mass is 32.2. The van der Waals surface area contributed by atoms with Crippen molar-refractivity contribution < 1.29 is 4.79 Å². The van der Waals surface area contributed by atoms with E-state index in [1.807, 2.05) is 36.4 Å². The first kappa shape index (κ1) is 20.6. The lowest BCUT2D eigenvalue weighted by molar-refractivity contribution is -0.129. The van der Waals surface area contributed by atoms with Crippen molar-refractivity contribution in [3.8, 4) is 0 Å². The lowest BCUT2D eigenvalue weighted by Gasteiger charge is -2.45. The topological polar surface area (TPSA) is 41.1 Å². The van der Waals surface area contributed by atoms with Crippen molar-refractivity contribution >= 4 is 17.7 Å². The Morgan fingerprint density at radius 2 is 1.03 bits per heavy atom. The second-order valence-corrected chi connectivity index (χ2v) is 9.05. The van der Waals surface area contributed by atoms with Gasteiger partial charge in [-0.1, -0.05) is 121 Å². The second kappa shape index (κ2) is 9.03. The summed E-state index contributed by atoms with van der Waals surface area (Å²) in [6, 6.07) is 41.0. The Bertz CT molecular complexity index is 1070. The molecule has 4 aromatic carbocycles. The van der Waals surface area contributed by atoms with Gasteiger partial charge in [0.05, 0.1) is 5.54 Å². The largest absolute Gasteiger partial charge is 0.340 e. The van der Waals surface area contributed by atoms with Gasteiger partial charge >= 0.3 is 0 Å². The molecule has 5 rings (SSSR count). The molecule has 1 heterocycles. The zero-order valence-corrected chi connectivity index (χ0v) is 18.3. The van der Waals surface area contributed by atoms with Crippen LogP contribution in [0.15, 0.2) is 126 Å². The van der Waals surface area contributed by atoms with Crippen LogP contribution in [0.1, 0.15) is 16.7 Å². The van der Waals surface area contributed by atoms with Gasteiger partial charge in [0.2, 0.25) is 5.91 Å². The van der Waals surface area contributed by atoms with Crippen LogP contribution in [-0.2, 0) is 10.3 Å². The Balaban J connectivity index is 1.61. The van der Waals surface area contributed by atoms with Gasteiger partial charge in [0.25, 0.3) is 0 Å². The van der Waals surface area contributed by atoms with Crippen LogP contribution in [0.5, 0.6) is 0 Å². The molecule has 3 nitrogen and oxygen atoms in total. The Kier molecular flexibility index (Phi) is 5.80. The summed E-state index contributed by atoms with van der Waals surface area (Å²) in [6.45, 7) is 0. The van der Waals surface area contributed by atoms with Gasteiger partial charge in [0, 0.05) is 4.90 Å². The maximum atomic E-state index is 12.8. The maximum absolute atomic E-state index is 12.8. The first-order chi connectivity index (χ1) is 15.8. The van der Waals surface area contributed by atoms with Crippen molar-refractivity contribution in [3.05, 3.63) is 138 Å². The van der Waals surface area contributed by atoms with E-state index < -0.39 is 5.54 Å². The van der Waals surface area contributed by atoms with Gasteiger partial charge in [-0.2, -0.15) is 0 Å². The number of carbonyl (C=O) groups excluding carboxylic acids is 1. The average Bonchev–Trinajstić information content (AvgIpc) is 2.87.